The summed E-state index contributed by atoms with van der Waals surface area (Å²) in [6, 6.07) is 0.0840. The molecule has 0 bridgehead atoms. The van der Waals surface area contributed by atoms with Crippen molar-refractivity contribution in [1.82, 2.24) is 9.27 Å². The SMILES string of the molecule is CC(C)C(N)CCN(C)C(=O)c1snc(Cl)c1Cl. The van der Waals surface area contributed by atoms with Crippen LogP contribution in [0.1, 0.15) is 29.9 Å². The second-order valence-electron chi connectivity index (χ2n) is 4.54. The van der Waals surface area contributed by atoms with Crippen LogP contribution < -0.4 is 5.73 Å². The molecule has 1 rings (SSSR count). The first-order valence-corrected chi connectivity index (χ1v) is 7.19. The average Bonchev–Trinajstić information content (AvgIpc) is 2.65. The van der Waals surface area contributed by atoms with Crippen molar-refractivity contribution in [3.05, 3.63) is 15.1 Å². The predicted molar refractivity (Wildman–Crippen MR) is 76.5 cm³/mol. The number of nitrogens with two attached hydrogens (primary N) is 1. The van der Waals surface area contributed by atoms with Gasteiger partial charge in [-0.15, -0.1) is 0 Å². The Balaban J connectivity index is 2.60. The van der Waals surface area contributed by atoms with Gasteiger partial charge < -0.3 is 10.6 Å². The summed E-state index contributed by atoms with van der Waals surface area (Å²) in [7, 11) is 1.72. The van der Waals surface area contributed by atoms with E-state index < -0.39 is 0 Å². The van der Waals surface area contributed by atoms with Crippen molar-refractivity contribution in [2.24, 2.45) is 11.7 Å². The normalized spacial score (nSPS) is 12.8. The lowest BCUT2D eigenvalue weighted by molar-refractivity contribution is 0.0794. The monoisotopic (exact) mass is 309 g/mol. The summed E-state index contributed by atoms with van der Waals surface area (Å²) < 4.78 is 3.85. The molecule has 0 spiro atoms. The van der Waals surface area contributed by atoms with Crippen molar-refractivity contribution in [1.29, 1.82) is 0 Å². The van der Waals surface area contributed by atoms with Crippen LogP contribution in [0.15, 0.2) is 0 Å². The maximum absolute atomic E-state index is 12.1. The number of halogens is 2. The molecule has 0 aliphatic carbocycles. The number of rotatable bonds is 5. The van der Waals surface area contributed by atoms with Crippen LogP contribution >= 0.6 is 34.7 Å². The van der Waals surface area contributed by atoms with Gasteiger partial charge in [0.25, 0.3) is 5.91 Å². The van der Waals surface area contributed by atoms with Crippen LogP contribution in [-0.4, -0.2) is 34.8 Å². The van der Waals surface area contributed by atoms with Gasteiger partial charge in [-0.1, -0.05) is 37.0 Å². The van der Waals surface area contributed by atoms with E-state index in [1.54, 1.807) is 11.9 Å². The zero-order chi connectivity index (χ0) is 13.9. The highest BCUT2D eigenvalue weighted by Crippen LogP contribution is 2.29. The first-order valence-electron chi connectivity index (χ1n) is 5.66. The molecule has 1 aromatic rings. The molecule has 1 heterocycles. The molecule has 0 radical (unpaired) electrons. The minimum Gasteiger partial charge on any atom is -0.341 e. The summed E-state index contributed by atoms with van der Waals surface area (Å²) in [6.07, 6.45) is 0.754. The van der Waals surface area contributed by atoms with E-state index in [9.17, 15) is 4.79 Å². The molecule has 102 valence electrons. The third-order valence-corrected chi connectivity index (χ3v) is 4.58. The average molecular weight is 310 g/mol. The van der Waals surface area contributed by atoms with Gasteiger partial charge in [0.15, 0.2) is 5.15 Å². The third-order valence-electron chi connectivity index (χ3n) is 2.79. The highest BCUT2D eigenvalue weighted by atomic mass is 35.5. The zero-order valence-corrected chi connectivity index (χ0v) is 12.9. The van der Waals surface area contributed by atoms with Crippen LogP contribution in [0.25, 0.3) is 0 Å². The van der Waals surface area contributed by atoms with Crippen molar-refractivity contribution >= 4 is 40.6 Å². The van der Waals surface area contributed by atoms with E-state index in [2.05, 4.69) is 18.2 Å². The number of hydrogen-bond acceptors (Lipinski definition) is 4. The van der Waals surface area contributed by atoms with Crippen molar-refractivity contribution in [3.8, 4) is 0 Å². The quantitative estimate of drug-likeness (QED) is 0.909. The minimum atomic E-state index is -0.166. The van der Waals surface area contributed by atoms with Crippen LogP contribution in [0.3, 0.4) is 0 Å². The predicted octanol–water partition coefficient (Wildman–Crippen LogP) is 2.90. The van der Waals surface area contributed by atoms with E-state index in [0.29, 0.717) is 17.3 Å². The van der Waals surface area contributed by atoms with Crippen LogP contribution in [0.2, 0.25) is 10.2 Å². The van der Waals surface area contributed by atoms with Gasteiger partial charge in [-0.2, -0.15) is 4.37 Å². The Morgan fingerprint density at radius 2 is 2.11 bits per heavy atom. The Labute approximate surface area is 121 Å². The fourth-order valence-electron chi connectivity index (χ4n) is 1.34. The molecule has 1 aromatic heterocycles. The van der Waals surface area contributed by atoms with Crippen molar-refractivity contribution in [2.75, 3.05) is 13.6 Å². The van der Waals surface area contributed by atoms with Crippen molar-refractivity contribution in [3.63, 3.8) is 0 Å². The van der Waals surface area contributed by atoms with Crippen LogP contribution in [0, 0.1) is 5.92 Å². The smallest absolute Gasteiger partial charge is 0.266 e. The molecule has 0 saturated carbocycles. The molecule has 1 atom stereocenters. The molecule has 1 amide bonds. The first kappa shape index (κ1) is 15.7. The summed E-state index contributed by atoms with van der Waals surface area (Å²) in [5.74, 6) is 0.232. The number of carbonyl (C=O) groups excluding carboxylic acids is 1. The number of carbonyl (C=O) groups is 1. The summed E-state index contributed by atoms with van der Waals surface area (Å²) in [6.45, 7) is 4.71. The number of amides is 1. The second-order valence-corrected chi connectivity index (χ2v) is 6.05. The van der Waals surface area contributed by atoms with Gasteiger partial charge in [-0.3, -0.25) is 4.79 Å². The second kappa shape index (κ2) is 6.70. The molecule has 4 nitrogen and oxygen atoms in total. The molecule has 0 aromatic carbocycles. The first-order chi connectivity index (χ1) is 8.34. The van der Waals surface area contributed by atoms with Gasteiger partial charge in [-0.05, 0) is 23.9 Å². The number of aromatic nitrogens is 1. The molecule has 7 heteroatoms. The lowest BCUT2D eigenvalue weighted by Gasteiger charge is -2.21. The van der Waals surface area contributed by atoms with Crippen molar-refractivity contribution < 1.29 is 4.79 Å². The summed E-state index contributed by atoms with van der Waals surface area (Å²) in [5.41, 5.74) is 5.94. The Morgan fingerprint density at radius 3 is 2.56 bits per heavy atom. The summed E-state index contributed by atoms with van der Waals surface area (Å²) >= 11 is 12.6. The Kier molecular flexibility index (Phi) is 5.85. The maximum atomic E-state index is 12.1. The van der Waals surface area contributed by atoms with Gasteiger partial charge in [0.2, 0.25) is 0 Å². The van der Waals surface area contributed by atoms with E-state index in [1.165, 1.54) is 0 Å². The lowest BCUT2D eigenvalue weighted by atomic mass is 10.0. The topological polar surface area (TPSA) is 59.2 Å². The molecule has 0 fully saturated rings. The van der Waals surface area contributed by atoms with Gasteiger partial charge in [-0.25, -0.2) is 0 Å². The fourth-order valence-corrected chi connectivity index (χ4v) is 2.55. The van der Waals surface area contributed by atoms with Crippen LogP contribution in [0.4, 0.5) is 0 Å². The zero-order valence-electron chi connectivity index (χ0n) is 10.6. The summed E-state index contributed by atoms with van der Waals surface area (Å²) in [5, 5.41) is 0.406. The third kappa shape index (κ3) is 3.82. The Bertz CT molecular complexity index is 422. The lowest BCUT2D eigenvalue weighted by Crippen LogP contribution is -2.34. The summed E-state index contributed by atoms with van der Waals surface area (Å²) in [4.78, 5) is 14.0. The van der Waals surface area contributed by atoms with E-state index >= 15 is 0 Å². The number of hydrogen-bond donors (Lipinski definition) is 1. The Hall–Kier alpha value is -0.360. The van der Waals surface area contributed by atoms with E-state index in [1.807, 2.05) is 0 Å². The maximum Gasteiger partial charge on any atom is 0.266 e. The van der Waals surface area contributed by atoms with Gasteiger partial charge in [0, 0.05) is 19.6 Å². The minimum absolute atomic E-state index is 0.0840. The number of nitrogens with zero attached hydrogens (tertiary/aromatic N) is 2. The van der Waals surface area contributed by atoms with Crippen LogP contribution in [0.5, 0.6) is 0 Å². The molecule has 0 saturated heterocycles. The van der Waals surface area contributed by atoms with E-state index in [-0.39, 0.29) is 22.1 Å². The van der Waals surface area contributed by atoms with Gasteiger partial charge in [0.05, 0.1) is 0 Å². The van der Waals surface area contributed by atoms with Gasteiger partial charge in [0.1, 0.15) is 9.90 Å². The molecule has 2 N–H and O–H groups in total. The molecule has 1 unspecified atom stereocenters. The fraction of sp³-hybridized carbons (Fsp3) is 0.636. The van der Waals surface area contributed by atoms with E-state index in [4.69, 9.17) is 28.9 Å². The molecular weight excluding hydrogens is 293 g/mol. The largest absolute Gasteiger partial charge is 0.341 e. The van der Waals surface area contributed by atoms with E-state index in [0.717, 1.165) is 18.0 Å². The molecule has 0 aliphatic heterocycles. The highest BCUT2D eigenvalue weighted by molar-refractivity contribution is 7.09. The molecule has 0 aliphatic rings. The van der Waals surface area contributed by atoms with Crippen LogP contribution in [-0.2, 0) is 0 Å². The molecule has 18 heavy (non-hydrogen) atoms. The van der Waals surface area contributed by atoms with Crippen molar-refractivity contribution in [2.45, 2.75) is 26.3 Å². The standard InChI is InChI=1S/C11H17Cl2N3OS/c1-6(2)7(14)4-5-16(3)11(17)9-8(12)10(13)15-18-9/h6-7H,4-5,14H2,1-3H3. The molecular formula is C11H17Cl2N3OS. The van der Waals surface area contributed by atoms with Gasteiger partial charge >= 0.3 is 0 Å². The highest BCUT2D eigenvalue weighted by Gasteiger charge is 2.21. The Morgan fingerprint density at radius 1 is 1.50 bits per heavy atom.